The van der Waals surface area contributed by atoms with Crippen molar-refractivity contribution < 1.29 is 27.0 Å². The van der Waals surface area contributed by atoms with Crippen molar-refractivity contribution in [2.24, 2.45) is 0 Å². The van der Waals surface area contributed by atoms with Crippen LogP contribution in [-0.2, 0) is 6.54 Å². The SMILES string of the molecule is FC(F)Oc1ccc(-c2nn(Cc3ccccc3Cl)c(-c3ccc(OC(F)F)cc3)c2Cl)cc1. The minimum atomic E-state index is -2.94. The molecule has 176 valence electrons. The molecule has 0 aliphatic carbocycles. The summed E-state index contributed by atoms with van der Waals surface area (Å²) in [5.41, 5.74) is 2.89. The molecular formula is C24H16Cl2F4N2O2. The molecule has 0 saturated heterocycles. The molecule has 10 heteroatoms. The van der Waals surface area contributed by atoms with Gasteiger partial charge in [-0.1, -0.05) is 41.4 Å². The molecule has 4 nitrogen and oxygen atoms in total. The zero-order chi connectivity index (χ0) is 24.2. The van der Waals surface area contributed by atoms with Gasteiger partial charge in [-0.15, -0.1) is 0 Å². The first-order chi connectivity index (χ1) is 16.3. The van der Waals surface area contributed by atoms with Crippen LogP contribution < -0.4 is 9.47 Å². The molecule has 1 aromatic heterocycles. The molecule has 1 heterocycles. The highest BCUT2D eigenvalue weighted by atomic mass is 35.5. The zero-order valence-corrected chi connectivity index (χ0v) is 18.8. The predicted octanol–water partition coefficient (Wildman–Crippen LogP) is 7.78. The van der Waals surface area contributed by atoms with Gasteiger partial charge in [0.1, 0.15) is 17.2 Å². The molecule has 0 spiro atoms. The fraction of sp³-hybridized carbons (Fsp3) is 0.125. The number of aromatic nitrogens is 2. The van der Waals surface area contributed by atoms with E-state index in [4.69, 9.17) is 23.2 Å². The van der Waals surface area contributed by atoms with E-state index in [9.17, 15) is 17.6 Å². The number of hydrogen-bond donors (Lipinski definition) is 0. The van der Waals surface area contributed by atoms with Crippen LogP contribution in [0.5, 0.6) is 11.5 Å². The first kappa shape index (κ1) is 23.9. The number of rotatable bonds is 8. The molecule has 0 amide bonds. The summed E-state index contributed by atoms with van der Waals surface area (Å²) in [5, 5.41) is 5.47. The minimum Gasteiger partial charge on any atom is -0.435 e. The number of ether oxygens (including phenoxy) is 2. The van der Waals surface area contributed by atoms with E-state index in [1.807, 2.05) is 12.1 Å². The Labute approximate surface area is 202 Å². The van der Waals surface area contributed by atoms with Gasteiger partial charge in [0.25, 0.3) is 0 Å². The number of hydrogen-bond acceptors (Lipinski definition) is 3. The van der Waals surface area contributed by atoms with Crippen LogP contribution in [0.25, 0.3) is 22.5 Å². The Kier molecular flexibility index (Phi) is 7.29. The van der Waals surface area contributed by atoms with Gasteiger partial charge >= 0.3 is 13.2 Å². The van der Waals surface area contributed by atoms with Crippen LogP contribution in [0.4, 0.5) is 17.6 Å². The zero-order valence-electron chi connectivity index (χ0n) is 17.3. The molecular weight excluding hydrogens is 495 g/mol. The summed E-state index contributed by atoms with van der Waals surface area (Å²) in [6, 6.07) is 19.1. The molecule has 0 bridgehead atoms. The van der Waals surface area contributed by atoms with E-state index in [0.29, 0.717) is 27.5 Å². The van der Waals surface area contributed by atoms with E-state index in [2.05, 4.69) is 14.6 Å². The molecule has 0 fully saturated rings. The van der Waals surface area contributed by atoms with Gasteiger partial charge in [-0.3, -0.25) is 4.68 Å². The van der Waals surface area contributed by atoms with Crippen molar-refractivity contribution in [3.05, 3.63) is 88.4 Å². The van der Waals surface area contributed by atoms with Crippen molar-refractivity contribution in [1.29, 1.82) is 0 Å². The lowest BCUT2D eigenvalue weighted by Crippen LogP contribution is -2.05. The smallest absolute Gasteiger partial charge is 0.387 e. The van der Waals surface area contributed by atoms with Crippen molar-refractivity contribution in [2.75, 3.05) is 0 Å². The Morgan fingerprint density at radius 1 is 0.735 bits per heavy atom. The molecule has 0 N–H and O–H groups in total. The maximum atomic E-state index is 12.5. The van der Waals surface area contributed by atoms with Crippen molar-refractivity contribution in [2.45, 2.75) is 19.8 Å². The quantitative estimate of drug-likeness (QED) is 0.227. The first-order valence-electron chi connectivity index (χ1n) is 9.92. The summed E-state index contributed by atoms with van der Waals surface area (Å²) < 4.78 is 60.4. The van der Waals surface area contributed by atoms with Crippen molar-refractivity contribution >= 4 is 23.2 Å². The Morgan fingerprint density at radius 3 is 1.79 bits per heavy atom. The normalized spacial score (nSPS) is 11.3. The summed E-state index contributed by atoms with van der Waals surface area (Å²) >= 11 is 13.1. The molecule has 4 aromatic rings. The monoisotopic (exact) mass is 510 g/mol. The summed E-state index contributed by atoms with van der Waals surface area (Å²) in [6.45, 7) is -5.60. The second-order valence-corrected chi connectivity index (χ2v) is 7.85. The topological polar surface area (TPSA) is 36.3 Å². The predicted molar refractivity (Wildman–Crippen MR) is 122 cm³/mol. The van der Waals surface area contributed by atoms with Crippen LogP contribution in [0.15, 0.2) is 72.8 Å². The van der Waals surface area contributed by atoms with Crippen molar-refractivity contribution in [1.82, 2.24) is 9.78 Å². The van der Waals surface area contributed by atoms with Gasteiger partial charge in [0, 0.05) is 16.1 Å². The van der Waals surface area contributed by atoms with E-state index in [0.717, 1.165) is 5.56 Å². The molecule has 4 rings (SSSR count). The van der Waals surface area contributed by atoms with E-state index >= 15 is 0 Å². The van der Waals surface area contributed by atoms with Crippen molar-refractivity contribution in [3.63, 3.8) is 0 Å². The highest BCUT2D eigenvalue weighted by Gasteiger charge is 2.20. The van der Waals surface area contributed by atoms with Gasteiger partial charge in [-0.25, -0.2) is 0 Å². The second-order valence-electron chi connectivity index (χ2n) is 7.07. The summed E-state index contributed by atoms with van der Waals surface area (Å²) in [4.78, 5) is 0. The minimum absolute atomic E-state index is 0.000199. The summed E-state index contributed by atoms with van der Waals surface area (Å²) in [6.07, 6.45) is 0. The van der Waals surface area contributed by atoms with E-state index in [1.165, 1.54) is 24.3 Å². The van der Waals surface area contributed by atoms with Gasteiger partial charge in [-0.2, -0.15) is 22.7 Å². The molecule has 0 aliphatic rings. The lowest BCUT2D eigenvalue weighted by atomic mass is 10.1. The van der Waals surface area contributed by atoms with E-state index in [1.54, 1.807) is 41.1 Å². The third kappa shape index (κ3) is 5.46. The number of benzene rings is 3. The lowest BCUT2D eigenvalue weighted by Gasteiger charge is -2.10. The number of alkyl halides is 4. The fourth-order valence-electron chi connectivity index (χ4n) is 3.39. The van der Waals surface area contributed by atoms with Crippen LogP contribution in [0, 0.1) is 0 Å². The number of nitrogens with zero attached hydrogens (tertiary/aromatic N) is 2. The largest absolute Gasteiger partial charge is 0.435 e. The van der Waals surface area contributed by atoms with Crippen LogP contribution in [0.1, 0.15) is 5.56 Å². The van der Waals surface area contributed by atoms with Gasteiger partial charge in [0.05, 0.1) is 17.3 Å². The third-order valence-electron chi connectivity index (χ3n) is 4.88. The molecule has 0 atom stereocenters. The first-order valence-corrected chi connectivity index (χ1v) is 10.7. The average Bonchev–Trinajstić information content (AvgIpc) is 3.11. The van der Waals surface area contributed by atoms with Gasteiger partial charge in [0.15, 0.2) is 0 Å². The third-order valence-corrected chi connectivity index (χ3v) is 5.61. The summed E-state index contributed by atoms with van der Waals surface area (Å²) in [7, 11) is 0. The fourth-order valence-corrected chi connectivity index (χ4v) is 3.94. The van der Waals surface area contributed by atoms with E-state index in [-0.39, 0.29) is 23.1 Å². The highest BCUT2D eigenvalue weighted by molar-refractivity contribution is 6.35. The van der Waals surface area contributed by atoms with Gasteiger partial charge in [0.2, 0.25) is 0 Å². The Bertz CT molecular complexity index is 1260. The lowest BCUT2D eigenvalue weighted by molar-refractivity contribution is -0.0505. The molecule has 0 radical (unpaired) electrons. The van der Waals surface area contributed by atoms with Crippen LogP contribution in [0.2, 0.25) is 10.0 Å². The molecule has 0 saturated carbocycles. The van der Waals surface area contributed by atoms with Crippen LogP contribution in [-0.4, -0.2) is 23.0 Å². The van der Waals surface area contributed by atoms with Gasteiger partial charge in [-0.05, 0) is 60.2 Å². The summed E-state index contributed by atoms with van der Waals surface area (Å²) in [5.74, 6) is 0.00194. The average molecular weight is 511 g/mol. The standard InChI is InChI=1S/C24H16Cl2F4N2O2/c25-19-4-2-1-3-16(19)13-32-22(15-7-11-18(12-8-15)34-24(29)30)20(26)21(31-32)14-5-9-17(10-6-14)33-23(27)28/h1-12,23-24H,13H2. The second kappa shape index (κ2) is 10.4. The maximum Gasteiger partial charge on any atom is 0.387 e. The van der Waals surface area contributed by atoms with Gasteiger partial charge < -0.3 is 9.47 Å². The van der Waals surface area contributed by atoms with E-state index < -0.39 is 13.2 Å². The van der Waals surface area contributed by atoms with Crippen LogP contribution >= 0.6 is 23.2 Å². The Balaban J connectivity index is 1.77. The van der Waals surface area contributed by atoms with Crippen molar-refractivity contribution in [3.8, 4) is 34.0 Å². The highest BCUT2D eigenvalue weighted by Crippen LogP contribution is 2.38. The molecule has 0 aliphatic heterocycles. The van der Waals surface area contributed by atoms with Crippen LogP contribution in [0.3, 0.4) is 0 Å². The maximum absolute atomic E-state index is 12.5. The molecule has 3 aromatic carbocycles. The Hall–Kier alpha value is -3.23. The molecule has 34 heavy (non-hydrogen) atoms. The molecule has 0 unspecified atom stereocenters. The Morgan fingerprint density at radius 2 is 1.26 bits per heavy atom. The number of halogens is 6.